The highest BCUT2D eigenvalue weighted by atomic mass is 16.5. The second kappa shape index (κ2) is 11.0. The summed E-state index contributed by atoms with van der Waals surface area (Å²) in [6.45, 7) is 6.42. The lowest BCUT2D eigenvalue weighted by Gasteiger charge is -2.18. The first-order valence-corrected chi connectivity index (χ1v) is 8.66. The van der Waals surface area contributed by atoms with Gasteiger partial charge in [-0.1, -0.05) is 32.1 Å². The van der Waals surface area contributed by atoms with Gasteiger partial charge in [0.05, 0.1) is 0 Å². The lowest BCUT2D eigenvalue weighted by molar-refractivity contribution is -0.142. The van der Waals surface area contributed by atoms with Crippen LogP contribution >= 0.6 is 0 Å². The van der Waals surface area contributed by atoms with Gasteiger partial charge in [-0.05, 0) is 55.9 Å². The Morgan fingerprint density at radius 3 is 2.70 bits per heavy atom. The van der Waals surface area contributed by atoms with Crippen LogP contribution in [0.5, 0.6) is 0 Å². The maximum atomic E-state index is 11.6. The average Bonchev–Trinajstić information content (AvgIpc) is 2.49. The van der Waals surface area contributed by atoms with Crippen LogP contribution in [0.3, 0.4) is 0 Å². The summed E-state index contributed by atoms with van der Waals surface area (Å²) in [6, 6.07) is 0. The van der Waals surface area contributed by atoms with Crippen molar-refractivity contribution in [1.29, 1.82) is 0 Å². The minimum atomic E-state index is -0.739. The second-order valence-electron chi connectivity index (χ2n) is 6.68. The van der Waals surface area contributed by atoms with E-state index in [2.05, 4.69) is 19.6 Å². The van der Waals surface area contributed by atoms with Crippen molar-refractivity contribution >= 4 is 11.9 Å². The first kappa shape index (κ1) is 19.5. The van der Waals surface area contributed by atoms with Crippen LogP contribution < -0.4 is 0 Å². The summed E-state index contributed by atoms with van der Waals surface area (Å²) in [7, 11) is 0. The molecule has 2 atom stereocenters. The topological polar surface area (TPSA) is 63.6 Å². The number of carbonyl (C=O) groups excluding carboxylic acids is 1. The Bertz CT molecular complexity index is 425. The number of carboxylic acids is 1. The van der Waals surface area contributed by atoms with E-state index in [1.807, 2.05) is 6.08 Å². The molecule has 0 saturated carbocycles. The van der Waals surface area contributed by atoms with Gasteiger partial charge in [0.15, 0.2) is 0 Å². The van der Waals surface area contributed by atoms with Crippen LogP contribution in [0.15, 0.2) is 24.3 Å². The Morgan fingerprint density at radius 2 is 1.96 bits per heavy atom. The SMILES string of the molecule is C=C1CCC(CC(=O)O)CCC(C)CC/C=C\CCC(=O)OC1. The van der Waals surface area contributed by atoms with Crippen LogP contribution in [0.1, 0.15) is 64.7 Å². The fourth-order valence-electron chi connectivity index (χ4n) is 2.81. The van der Waals surface area contributed by atoms with E-state index in [1.54, 1.807) is 0 Å². The lowest BCUT2D eigenvalue weighted by atomic mass is 9.88. The molecule has 0 spiro atoms. The Morgan fingerprint density at radius 1 is 1.22 bits per heavy atom. The number of hydrogen-bond acceptors (Lipinski definition) is 3. The Balaban J connectivity index is 2.60. The number of hydrogen-bond donors (Lipinski definition) is 1. The normalized spacial score (nSPS) is 27.2. The Kier molecular flexibility index (Phi) is 9.34. The van der Waals surface area contributed by atoms with Gasteiger partial charge in [-0.25, -0.2) is 0 Å². The molecule has 0 fully saturated rings. The van der Waals surface area contributed by atoms with Crippen molar-refractivity contribution in [3.05, 3.63) is 24.3 Å². The molecule has 1 aliphatic rings. The number of cyclic esters (lactones) is 1. The van der Waals surface area contributed by atoms with E-state index in [-0.39, 0.29) is 24.9 Å². The summed E-state index contributed by atoms with van der Waals surface area (Å²) in [5.41, 5.74) is 0.865. The predicted octanol–water partition coefficient (Wildman–Crippen LogP) is 4.50. The highest BCUT2D eigenvalue weighted by Gasteiger charge is 2.16. The summed E-state index contributed by atoms with van der Waals surface area (Å²) in [5, 5.41) is 9.07. The van der Waals surface area contributed by atoms with Crippen molar-refractivity contribution in [1.82, 2.24) is 0 Å². The second-order valence-corrected chi connectivity index (χ2v) is 6.68. The molecule has 4 nitrogen and oxygen atoms in total. The molecule has 0 amide bonds. The quantitative estimate of drug-likeness (QED) is 0.600. The number of rotatable bonds is 2. The van der Waals surface area contributed by atoms with Crippen molar-refractivity contribution < 1.29 is 19.4 Å². The van der Waals surface area contributed by atoms with Crippen molar-refractivity contribution in [2.45, 2.75) is 64.7 Å². The summed E-state index contributed by atoms with van der Waals surface area (Å²) in [5.74, 6) is -0.168. The van der Waals surface area contributed by atoms with Crippen LogP contribution in [0.25, 0.3) is 0 Å². The number of allylic oxidation sites excluding steroid dienone is 2. The van der Waals surface area contributed by atoms with E-state index in [0.717, 1.165) is 50.5 Å². The van der Waals surface area contributed by atoms with Crippen LogP contribution in [0.4, 0.5) is 0 Å². The molecule has 1 N–H and O–H groups in total. The van der Waals surface area contributed by atoms with Crippen molar-refractivity contribution in [2.75, 3.05) is 6.61 Å². The van der Waals surface area contributed by atoms with E-state index in [1.165, 1.54) is 0 Å². The van der Waals surface area contributed by atoms with Gasteiger partial charge in [0.1, 0.15) is 6.61 Å². The minimum Gasteiger partial charge on any atom is -0.481 e. The standard InChI is InChI=1S/C19H30O4/c1-15-7-5-3-4-6-8-19(22)23-14-16(2)10-12-17(11-9-15)13-18(20)21/h3-4,15,17H,2,5-14H2,1H3,(H,20,21)/b4-3-. The molecule has 0 aromatic heterocycles. The van der Waals surface area contributed by atoms with Gasteiger partial charge >= 0.3 is 11.9 Å². The van der Waals surface area contributed by atoms with E-state index in [9.17, 15) is 9.59 Å². The van der Waals surface area contributed by atoms with Crippen LogP contribution in [0, 0.1) is 11.8 Å². The molecule has 0 aromatic rings. The van der Waals surface area contributed by atoms with Gasteiger partial charge in [0.2, 0.25) is 0 Å². The largest absolute Gasteiger partial charge is 0.481 e. The van der Waals surface area contributed by atoms with Gasteiger partial charge in [-0.2, -0.15) is 0 Å². The predicted molar refractivity (Wildman–Crippen MR) is 91.1 cm³/mol. The highest BCUT2D eigenvalue weighted by molar-refractivity contribution is 5.69. The molecule has 0 bridgehead atoms. The number of esters is 1. The third-order valence-electron chi connectivity index (χ3n) is 4.38. The molecule has 130 valence electrons. The summed E-state index contributed by atoms with van der Waals surface area (Å²) < 4.78 is 5.20. The van der Waals surface area contributed by atoms with Crippen molar-refractivity contribution in [3.63, 3.8) is 0 Å². The van der Waals surface area contributed by atoms with Crippen LogP contribution in [0.2, 0.25) is 0 Å². The first-order chi connectivity index (χ1) is 11.0. The molecule has 1 rings (SSSR count). The maximum absolute atomic E-state index is 11.6. The van der Waals surface area contributed by atoms with E-state index >= 15 is 0 Å². The van der Waals surface area contributed by atoms with Crippen molar-refractivity contribution in [2.24, 2.45) is 11.8 Å². The summed E-state index contributed by atoms with van der Waals surface area (Å²) >= 11 is 0. The van der Waals surface area contributed by atoms with E-state index in [4.69, 9.17) is 9.84 Å². The Hall–Kier alpha value is -1.58. The van der Waals surface area contributed by atoms with Crippen LogP contribution in [-0.2, 0) is 14.3 Å². The number of carboxylic acid groups (broad SMARTS) is 1. The Labute approximate surface area is 139 Å². The third kappa shape index (κ3) is 9.93. The highest BCUT2D eigenvalue weighted by Crippen LogP contribution is 2.24. The zero-order valence-corrected chi connectivity index (χ0v) is 14.3. The lowest BCUT2D eigenvalue weighted by Crippen LogP contribution is -2.12. The van der Waals surface area contributed by atoms with Gasteiger partial charge in [0.25, 0.3) is 0 Å². The molecule has 4 heteroatoms. The van der Waals surface area contributed by atoms with Crippen LogP contribution in [-0.4, -0.2) is 23.7 Å². The average molecular weight is 322 g/mol. The van der Waals surface area contributed by atoms with Gasteiger partial charge in [0, 0.05) is 12.8 Å². The molecule has 0 saturated heterocycles. The van der Waals surface area contributed by atoms with E-state index in [0.29, 0.717) is 12.3 Å². The monoisotopic (exact) mass is 322 g/mol. The van der Waals surface area contributed by atoms with Gasteiger partial charge in [-0.3, -0.25) is 9.59 Å². The molecule has 1 heterocycles. The first-order valence-electron chi connectivity index (χ1n) is 8.66. The zero-order chi connectivity index (χ0) is 17.1. The molecule has 0 aliphatic carbocycles. The molecule has 2 unspecified atom stereocenters. The molecule has 1 aliphatic heterocycles. The summed E-state index contributed by atoms with van der Waals surface area (Å²) in [4.78, 5) is 22.6. The van der Waals surface area contributed by atoms with Gasteiger partial charge in [-0.15, -0.1) is 0 Å². The molecular weight excluding hydrogens is 292 g/mol. The van der Waals surface area contributed by atoms with Crippen molar-refractivity contribution in [3.8, 4) is 0 Å². The fourth-order valence-corrected chi connectivity index (χ4v) is 2.81. The molecule has 0 radical (unpaired) electrons. The van der Waals surface area contributed by atoms with E-state index < -0.39 is 5.97 Å². The molecular formula is C19H30O4. The minimum absolute atomic E-state index is 0.172. The number of carbonyl (C=O) groups is 2. The third-order valence-corrected chi connectivity index (χ3v) is 4.38. The fraction of sp³-hybridized carbons (Fsp3) is 0.684. The summed E-state index contributed by atoms with van der Waals surface area (Å²) in [6.07, 6.45) is 11.1. The zero-order valence-electron chi connectivity index (χ0n) is 14.3. The molecule has 23 heavy (non-hydrogen) atoms. The van der Waals surface area contributed by atoms with Gasteiger partial charge < -0.3 is 9.84 Å². The smallest absolute Gasteiger partial charge is 0.306 e. The number of aliphatic carboxylic acids is 1. The number of ether oxygens (including phenoxy) is 1. The maximum Gasteiger partial charge on any atom is 0.306 e. The molecule has 0 aromatic carbocycles.